The van der Waals surface area contributed by atoms with E-state index in [4.69, 9.17) is 37.9 Å². The first-order valence-corrected chi connectivity index (χ1v) is 15.8. The lowest BCUT2D eigenvalue weighted by Crippen LogP contribution is -1.97. The highest BCUT2D eigenvalue weighted by Gasteiger charge is 2.14. The molecule has 0 saturated heterocycles. The van der Waals surface area contributed by atoms with Crippen LogP contribution in [0.5, 0.6) is 46.0 Å². The second-order valence-corrected chi connectivity index (χ2v) is 11.1. The molecule has 0 aliphatic rings. The van der Waals surface area contributed by atoms with Gasteiger partial charge in [-0.25, -0.2) is 0 Å². The minimum atomic E-state index is 0. The standard InChI is InChI=1S/2C20H21NO4.ClH/c2*1-22-17-6-5-13(10-18(17)23-2)9-16-15-12-20(25-4)19(24-3)11-14(15)7-8-21-16;/h2*5-8,10-12H,9H2,1-4H3;1H. The van der Waals surface area contributed by atoms with Gasteiger partial charge in [-0.2, -0.15) is 0 Å². The van der Waals surface area contributed by atoms with Crippen molar-refractivity contribution in [3.05, 3.63) is 108 Å². The molecule has 2 aromatic heterocycles. The molecule has 6 rings (SSSR count). The van der Waals surface area contributed by atoms with Crippen LogP contribution < -0.4 is 37.9 Å². The van der Waals surface area contributed by atoms with Crippen LogP contribution in [0.4, 0.5) is 0 Å². The lowest BCUT2D eigenvalue weighted by molar-refractivity contribution is 0.354. The molecule has 6 aromatic rings. The molecule has 0 amide bonds. The predicted molar refractivity (Wildman–Crippen MR) is 202 cm³/mol. The Bertz CT molecular complexity index is 1940. The molecular weight excluding hydrogens is 672 g/mol. The van der Waals surface area contributed by atoms with Crippen LogP contribution in [0, 0.1) is 0 Å². The summed E-state index contributed by atoms with van der Waals surface area (Å²) in [6.45, 7) is 0. The zero-order chi connectivity index (χ0) is 35.6. The fraction of sp³-hybridized carbons (Fsp3) is 0.250. The van der Waals surface area contributed by atoms with Gasteiger partial charge in [0.05, 0.1) is 68.3 Å². The van der Waals surface area contributed by atoms with Crippen molar-refractivity contribution in [3.63, 3.8) is 0 Å². The van der Waals surface area contributed by atoms with Gasteiger partial charge in [-0.05, 0) is 82.6 Å². The quantitative estimate of drug-likeness (QED) is 0.124. The van der Waals surface area contributed by atoms with Crippen molar-refractivity contribution < 1.29 is 37.9 Å². The zero-order valence-corrected chi connectivity index (χ0v) is 30.9. The van der Waals surface area contributed by atoms with Crippen LogP contribution >= 0.6 is 12.4 Å². The van der Waals surface area contributed by atoms with Gasteiger partial charge in [0.25, 0.3) is 0 Å². The Balaban J connectivity index is 0.000000224. The van der Waals surface area contributed by atoms with Crippen molar-refractivity contribution in [2.45, 2.75) is 12.8 Å². The fourth-order valence-electron chi connectivity index (χ4n) is 5.77. The number of fused-ring (bicyclic) bond motifs is 2. The van der Waals surface area contributed by atoms with E-state index < -0.39 is 0 Å². The van der Waals surface area contributed by atoms with Crippen molar-refractivity contribution in [1.82, 2.24) is 9.97 Å². The van der Waals surface area contributed by atoms with Crippen LogP contribution in [-0.2, 0) is 12.8 Å². The molecule has 0 N–H and O–H groups in total. The van der Waals surface area contributed by atoms with Gasteiger partial charge < -0.3 is 37.9 Å². The lowest BCUT2D eigenvalue weighted by Gasteiger charge is -2.12. The molecule has 0 fully saturated rings. The normalized spacial score (nSPS) is 10.4. The average Bonchev–Trinajstić information content (AvgIpc) is 3.17. The van der Waals surface area contributed by atoms with Crippen LogP contribution in [0.3, 0.4) is 0 Å². The number of nitrogens with zero attached hydrogens (tertiary/aromatic N) is 2. The molecule has 10 nitrogen and oxygen atoms in total. The molecule has 11 heteroatoms. The Labute approximate surface area is 304 Å². The third kappa shape index (κ3) is 8.59. The lowest BCUT2D eigenvalue weighted by atomic mass is 10.0. The molecule has 0 aliphatic carbocycles. The molecule has 0 radical (unpaired) electrons. The first kappa shape index (κ1) is 38.2. The average molecular weight is 715 g/mol. The van der Waals surface area contributed by atoms with Gasteiger partial charge in [0.1, 0.15) is 0 Å². The van der Waals surface area contributed by atoms with Crippen LogP contribution in [0.2, 0.25) is 0 Å². The molecule has 268 valence electrons. The van der Waals surface area contributed by atoms with Crippen LogP contribution in [0.25, 0.3) is 21.5 Å². The number of hydrogen-bond donors (Lipinski definition) is 0. The maximum absolute atomic E-state index is 5.43. The second kappa shape index (κ2) is 17.9. The van der Waals surface area contributed by atoms with E-state index in [0.29, 0.717) is 58.8 Å². The Morgan fingerprint density at radius 1 is 0.373 bits per heavy atom. The Morgan fingerprint density at radius 2 is 0.686 bits per heavy atom. The molecule has 0 spiro atoms. The van der Waals surface area contributed by atoms with Crippen molar-refractivity contribution in [1.29, 1.82) is 0 Å². The molecular formula is C40H43ClN2O8. The molecule has 0 atom stereocenters. The highest BCUT2D eigenvalue weighted by atomic mass is 35.5. The van der Waals surface area contributed by atoms with Crippen LogP contribution in [0.15, 0.2) is 85.2 Å². The second-order valence-electron chi connectivity index (χ2n) is 11.1. The summed E-state index contributed by atoms with van der Waals surface area (Å²) in [5.41, 5.74) is 4.11. The number of benzene rings is 4. The summed E-state index contributed by atoms with van der Waals surface area (Å²) in [6.07, 6.45) is 4.97. The Hall–Kier alpha value is -5.61. The van der Waals surface area contributed by atoms with Gasteiger partial charge in [-0.1, -0.05) is 12.1 Å². The van der Waals surface area contributed by atoms with Gasteiger partial charge >= 0.3 is 0 Å². The third-order valence-electron chi connectivity index (χ3n) is 8.34. The molecule has 51 heavy (non-hydrogen) atoms. The summed E-state index contributed by atoms with van der Waals surface area (Å²) in [6, 6.07) is 23.6. The Kier molecular flexibility index (Phi) is 13.4. The van der Waals surface area contributed by atoms with Crippen molar-refractivity contribution >= 4 is 34.0 Å². The third-order valence-corrected chi connectivity index (χ3v) is 8.34. The van der Waals surface area contributed by atoms with E-state index in [2.05, 4.69) is 9.97 Å². The molecule has 0 saturated carbocycles. The smallest absolute Gasteiger partial charge is 0.161 e. The molecule has 0 unspecified atom stereocenters. The zero-order valence-electron chi connectivity index (χ0n) is 30.1. The number of pyridine rings is 2. The highest BCUT2D eigenvalue weighted by Crippen LogP contribution is 2.36. The minimum Gasteiger partial charge on any atom is -0.493 e. The Morgan fingerprint density at radius 3 is 1.02 bits per heavy atom. The molecule has 2 heterocycles. The number of methoxy groups -OCH3 is 8. The number of rotatable bonds is 12. The van der Waals surface area contributed by atoms with Crippen LogP contribution in [-0.4, -0.2) is 66.8 Å². The number of halogens is 1. The SMILES string of the molecule is COc1ccc(Cc2nccc3cc(OC)c(OC)cc23)cc1OC.COc1ccc(Cc2nccc3cc(OC)c(OC)cc23)cc1OC.Cl. The fourth-order valence-corrected chi connectivity index (χ4v) is 5.77. The first-order chi connectivity index (χ1) is 24.4. The van der Waals surface area contributed by atoms with Gasteiger partial charge in [-0.15, -0.1) is 12.4 Å². The molecule has 4 aromatic carbocycles. The van der Waals surface area contributed by atoms with E-state index in [9.17, 15) is 0 Å². The summed E-state index contributed by atoms with van der Waals surface area (Å²) in [7, 11) is 13.1. The topological polar surface area (TPSA) is 99.6 Å². The summed E-state index contributed by atoms with van der Waals surface area (Å²) < 4.78 is 43.0. The maximum Gasteiger partial charge on any atom is 0.161 e. The number of ether oxygens (including phenoxy) is 8. The largest absolute Gasteiger partial charge is 0.493 e. The van der Waals surface area contributed by atoms with Crippen molar-refractivity contribution in [2.24, 2.45) is 0 Å². The summed E-state index contributed by atoms with van der Waals surface area (Å²) in [5.74, 6) is 5.63. The number of aromatic nitrogens is 2. The van der Waals surface area contributed by atoms with E-state index in [1.165, 1.54) is 0 Å². The van der Waals surface area contributed by atoms with Gasteiger partial charge in [0, 0.05) is 36.0 Å². The maximum atomic E-state index is 5.43. The highest BCUT2D eigenvalue weighted by molar-refractivity contribution is 5.89. The van der Waals surface area contributed by atoms with Gasteiger partial charge in [0.15, 0.2) is 46.0 Å². The molecule has 0 aliphatic heterocycles. The summed E-state index contributed by atoms with van der Waals surface area (Å²) >= 11 is 0. The predicted octanol–water partition coefficient (Wildman–Crippen LogP) is 8.14. The first-order valence-electron chi connectivity index (χ1n) is 15.8. The van der Waals surface area contributed by atoms with E-state index in [0.717, 1.165) is 44.1 Å². The monoisotopic (exact) mass is 714 g/mol. The summed E-state index contributed by atoms with van der Waals surface area (Å²) in [5, 5.41) is 4.19. The van der Waals surface area contributed by atoms with Crippen molar-refractivity contribution in [3.8, 4) is 46.0 Å². The van der Waals surface area contributed by atoms with E-state index in [1.54, 1.807) is 56.9 Å². The molecule has 0 bridgehead atoms. The van der Waals surface area contributed by atoms with E-state index in [-0.39, 0.29) is 12.4 Å². The van der Waals surface area contributed by atoms with Crippen molar-refractivity contribution in [2.75, 3.05) is 56.9 Å². The van der Waals surface area contributed by atoms with Crippen LogP contribution in [0.1, 0.15) is 22.5 Å². The van der Waals surface area contributed by atoms with Gasteiger partial charge in [0.2, 0.25) is 0 Å². The van der Waals surface area contributed by atoms with E-state index in [1.807, 2.05) is 85.2 Å². The summed E-state index contributed by atoms with van der Waals surface area (Å²) in [4.78, 5) is 9.13. The number of hydrogen-bond acceptors (Lipinski definition) is 10. The van der Waals surface area contributed by atoms with E-state index >= 15 is 0 Å². The minimum absolute atomic E-state index is 0. The van der Waals surface area contributed by atoms with Gasteiger partial charge in [-0.3, -0.25) is 9.97 Å².